The molecule has 0 aliphatic carbocycles. The maximum atomic E-state index is 12.0. The Labute approximate surface area is 156 Å². The third-order valence-electron chi connectivity index (χ3n) is 2.88. The molecule has 27 heavy (non-hydrogen) atoms. The van der Waals surface area contributed by atoms with Gasteiger partial charge in [0.05, 0.1) is 12.3 Å². The summed E-state index contributed by atoms with van der Waals surface area (Å²) in [7, 11) is 0. The van der Waals surface area contributed by atoms with E-state index in [2.05, 4.69) is 15.5 Å². The lowest BCUT2D eigenvalue weighted by atomic mass is 9.98. The Morgan fingerprint density at radius 1 is 1.33 bits per heavy atom. The van der Waals surface area contributed by atoms with E-state index < -0.39 is 18.2 Å². The van der Waals surface area contributed by atoms with Crippen LogP contribution in [0.15, 0.2) is 22.8 Å². The average Bonchev–Trinajstić information content (AvgIpc) is 3.17. The molecule has 0 fully saturated rings. The molecule has 0 aliphatic rings. The molecule has 2 rings (SSSR count). The number of hydrogen-bond acceptors (Lipinski definition) is 7. The predicted molar refractivity (Wildman–Crippen MR) is 91.3 cm³/mol. The van der Waals surface area contributed by atoms with Crippen LogP contribution in [0.25, 0.3) is 0 Å². The van der Waals surface area contributed by atoms with Gasteiger partial charge in [0, 0.05) is 11.8 Å². The molecule has 150 valence electrons. The normalized spacial score (nSPS) is 12.7. The molecule has 8 nitrogen and oxygen atoms in total. The van der Waals surface area contributed by atoms with Crippen LogP contribution in [-0.2, 0) is 21.4 Å². The third kappa shape index (κ3) is 7.74. The predicted octanol–water partition coefficient (Wildman–Crippen LogP) is 2.57. The Kier molecular flexibility index (Phi) is 7.48. The van der Waals surface area contributed by atoms with E-state index in [1.54, 1.807) is 18.4 Å². The van der Waals surface area contributed by atoms with Gasteiger partial charge in [-0.25, -0.2) is 4.79 Å². The van der Waals surface area contributed by atoms with Gasteiger partial charge in [0.15, 0.2) is 0 Å². The molecule has 0 spiro atoms. The van der Waals surface area contributed by atoms with Crippen molar-refractivity contribution < 1.29 is 32.3 Å². The number of carbonyl (C=O) groups excluding carboxylic acids is 1. The maximum Gasteiger partial charge on any atom is 0.490 e. The fourth-order valence-corrected chi connectivity index (χ4v) is 2.32. The Hall–Kier alpha value is -2.47. The van der Waals surface area contributed by atoms with Crippen molar-refractivity contribution in [3.05, 3.63) is 29.2 Å². The van der Waals surface area contributed by atoms with Crippen LogP contribution in [0.2, 0.25) is 0 Å². The van der Waals surface area contributed by atoms with E-state index in [4.69, 9.17) is 20.1 Å². The fraction of sp³-hybridized carbons (Fsp3) is 0.467. The van der Waals surface area contributed by atoms with Crippen LogP contribution in [0, 0.1) is 0 Å². The van der Waals surface area contributed by atoms with Crippen LogP contribution < -0.4 is 11.1 Å². The highest BCUT2D eigenvalue weighted by molar-refractivity contribution is 7.15. The molecule has 0 radical (unpaired) electrons. The number of halogens is 3. The Morgan fingerprint density at radius 3 is 2.33 bits per heavy atom. The SMILES string of the molecule is CC(C)(C)c1nnc(NC(=O)C(N)Cc2ccco2)s1.O=C(O)C(F)(F)F. The van der Waals surface area contributed by atoms with Gasteiger partial charge in [-0.15, -0.1) is 10.2 Å². The standard InChI is InChI=1S/C13H18N4O2S.C2HF3O2/c1-13(2,3)11-16-17-12(20-11)15-10(18)9(14)7-8-5-4-6-19-8;3-2(4,5)1(6)7/h4-6,9H,7,14H2,1-3H3,(H,15,17,18);(H,6,7). The quantitative estimate of drug-likeness (QED) is 0.708. The molecule has 2 aromatic rings. The molecule has 0 saturated carbocycles. The largest absolute Gasteiger partial charge is 0.490 e. The zero-order chi connectivity index (χ0) is 20.8. The van der Waals surface area contributed by atoms with E-state index in [0.29, 0.717) is 17.3 Å². The number of carboxylic acid groups (broad SMARTS) is 1. The number of furan rings is 1. The van der Waals surface area contributed by atoms with Crippen LogP contribution in [0.3, 0.4) is 0 Å². The number of amides is 1. The number of aromatic nitrogens is 2. The average molecular weight is 408 g/mol. The first-order chi connectivity index (χ1) is 12.3. The van der Waals surface area contributed by atoms with Crippen molar-refractivity contribution in [3.8, 4) is 0 Å². The van der Waals surface area contributed by atoms with Gasteiger partial charge >= 0.3 is 12.1 Å². The molecule has 0 aliphatic heterocycles. The first-order valence-electron chi connectivity index (χ1n) is 7.53. The number of carboxylic acids is 1. The van der Waals surface area contributed by atoms with Crippen LogP contribution in [0.4, 0.5) is 18.3 Å². The summed E-state index contributed by atoms with van der Waals surface area (Å²) in [6.07, 6.45) is -3.18. The summed E-state index contributed by atoms with van der Waals surface area (Å²) in [6, 6.07) is 2.87. The molecule has 2 heterocycles. The summed E-state index contributed by atoms with van der Waals surface area (Å²) in [5.41, 5.74) is 5.75. The molecule has 12 heteroatoms. The minimum atomic E-state index is -5.08. The zero-order valence-electron chi connectivity index (χ0n) is 14.7. The molecule has 1 unspecified atom stereocenters. The van der Waals surface area contributed by atoms with E-state index >= 15 is 0 Å². The van der Waals surface area contributed by atoms with Crippen LogP contribution in [0.5, 0.6) is 0 Å². The second-order valence-corrected chi connectivity index (χ2v) is 7.32. The summed E-state index contributed by atoms with van der Waals surface area (Å²) >= 11 is 1.36. The van der Waals surface area contributed by atoms with Crippen molar-refractivity contribution in [2.45, 2.75) is 44.8 Å². The smallest absolute Gasteiger partial charge is 0.475 e. The number of nitrogens with zero attached hydrogens (tertiary/aromatic N) is 2. The van der Waals surface area contributed by atoms with Gasteiger partial charge in [-0.2, -0.15) is 13.2 Å². The van der Waals surface area contributed by atoms with Crippen molar-refractivity contribution in [2.75, 3.05) is 5.32 Å². The van der Waals surface area contributed by atoms with Crippen LogP contribution in [-0.4, -0.2) is 39.4 Å². The summed E-state index contributed by atoms with van der Waals surface area (Å²) < 4.78 is 36.9. The molecule has 4 N–H and O–H groups in total. The molecule has 1 atom stereocenters. The molecule has 1 amide bonds. The number of rotatable bonds is 4. The zero-order valence-corrected chi connectivity index (χ0v) is 15.5. The highest BCUT2D eigenvalue weighted by Crippen LogP contribution is 2.27. The number of nitrogens with one attached hydrogen (secondary N) is 1. The van der Waals surface area contributed by atoms with Gasteiger partial charge in [0.2, 0.25) is 11.0 Å². The second kappa shape index (κ2) is 8.95. The monoisotopic (exact) mass is 408 g/mol. The highest BCUT2D eigenvalue weighted by Gasteiger charge is 2.38. The van der Waals surface area contributed by atoms with Crippen molar-refractivity contribution in [1.82, 2.24) is 10.2 Å². The summed E-state index contributed by atoms with van der Waals surface area (Å²) in [5, 5.41) is 19.2. The Bertz CT molecular complexity index is 754. The van der Waals surface area contributed by atoms with Gasteiger partial charge in [0.1, 0.15) is 10.8 Å². The lowest BCUT2D eigenvalue weighted by molar-refractivity contribution is -0.192. The van der Waals surface area contributed by atoms with Crippen molar-refractivity contribution in [3.63, 3.8) is 0 Å². The molecule has 0 bridgehead atoms. The summed E-state index contributed by atoms with van der Waals surface area (Å²) in [5.74, 6) is -2.37. The maximum absolute atomic E-state index is 12.0. The summed E-state index contributed by atoms with van der Waals surface area (Å²) in [4.78, 5) is 20.9. The van der Waals surface area contributed by atoms with E-state index in [9.17, 15) is 18.0 Å². The van der Waals surface area contributed by atoms with Gasteiger partial charge in [-0.05, 0) is 12.1 Å². The van der Waals surface area contributed by atoms with E-state index in [-0.39, 0.29) is 11.3 Å². The van der Waals surface area contributed by atoms with Crippen molar-refractivity contribution >= 4 is 28.3 Å². The van der Waals surface area contributed by atoms with Gasteiger partial charge in [-0.1, -0.05) is 32.1 Å². The van der Waals surface area contributed by atoms with Crippen LogP contribution >= 0.6 is 11.3 Å². The number of alkyl halides is 3. The summed E-state index contributed by atoms with van der Waals surface area (Å²) in [6.45, 7) is 6.13. The molecular formula is C15H19F3N4O4S. The van der Waals surface area contributed by atoms with E-state index in [0.717, 1.165) is 5.01 Å². The Balaban J connectivity index is 0.000000445. The van der Waals surface area contributed by atoms with Crippen molar-refractivity contribution in [1.29, 1.82) is 0 Å². The fourth-order valence-electron chi connectivity index (χ4n) is 1.51. The molecule has 2 aromatic heterocycles. The first-order valence-corrected chi connectivity index (χ1v) is 8.35. The first kappa shape index (κ1) is 22.6. The number of hydrogen-bond donors (Lipinski definition) is 3. The number of nitrogens with two attached hydrogens (primary N) is 1. The topological polar surface area (TPSA) is 131 Å². The molecular weight excluding hydrogens is 389 g/mol. The number of carbonyl (C=O) groups is 2. The van der Waals surface area contributed by atoms with Crippen LogP contribution in [0.1, 0.15) is 31.5 Å². The Morgan fingerprint density at radius 2 is 1.93 bits per heavy atom. The second-order valence-electron chi connectivity index (χ2n) is 6.34. The van der Waals surface area contributed by atoms with E-state index in [1.165, 1.54) is 11.3 Å². The lowest BCUT2D eigenvalue weighted by Gasteiger charge is -2.12. The molecule has 0 saturated heterocycles. The van der Waals surface area contributed by atoms with Crippen molar-refractivity contribution in [2.24, 2.45) is 5.73 Å². The minimum Gasteiger partial charge on any atom is -0.475 e. The minimum absolute atomic E-state index is 0.0864. The lowest BCUT2D eigenvalue weighted by Crippen LogP contribution is -2.37. The van der Waals surface area contributed by atoms with Gasteiger partial charge in [0.25, 0.3) is 0 Å². The van der Waals surface area contributed by atoms with E-state index in [1.807, 2.05) is 20.8 Å². The highest BCUT2D eigenvalue weighted by atomic mass is 32.1. The number of aliphatic carboxylic acids is 1. The molecule has 0 aromatic carbocycles. The number of anilines is 1. The third-order valence-corrected chi connectivity index (χ3v) is 4.14. The van der Waals surface area contributed by atoms with Gasteiger partial charge in [-0.3, -0.25) is 10.1 Å². The van der Waals surface area contributed by atoms with Gasteiger partial charge < -0.3 is 15.3 Å².